The maximum atomic E-state index is 12.4. The molecule has 3 nitrogen and oxygen atoms in total. The van der Waals surface area contributed by atoms with E-state index in [0.717, 1.165) is 30.5 Å². The number of benzene rings is 2. The highest BCUT2D eigenvalue weighted by atomic mass is 16.1. The van der Waals surface area contributed by atoms with Gasteiger partial charge in [-0.1, -0.05) is 43.7 Å². The zero-order valence-corrected chi connectivity index (χ0v) is 12.4. The van der Waals surface area contributed by atoms with Gasteiger partial charge < -0.3 is 11.1 Å². The summed E-state index contributed by atoms with van der Waals surface area (Å²) < 4.78 is 0. The van der Waals surface area contributed by atoms with Crippen LogP contribution in [-0.4, -0.2) is 12.5 Å². The molecule has 110 valence electrons. The van der Waals surface area contributed by atoms with Crippen LogP contribution in [0, 0.1) is 0 Å². The largest absolute Gasteiger partial charge is 0.330 e. The molecular weight excluding hydrogens is 260 g/mol. The third-order valence-electron chi connectivity index (χ3n) is 3.41. The first-order valence-electron chi connectivity index (χ1n) is 7.43. The average Bonchev–Trinajstić information content (AvgIpc) is 2.50. The number of nitrogens with one attached hydrogen (secondary N) is 1. The summed E-state index contributed by atoms with van der Waals surface area (Å²) in [5.74, 6) is -0.0718. The quantitative estimate of drug-likeness (QED) is 0.853. The van der Waals surface area contributed by atoms with Crippen LogP contribution in [0.25, 0.3) is 0 Å². The standard InChI is InChI=1S/C18H22N2O/c1-2-6-15-8-3-4-10-17(15)20-18(21)16-9-5-7-14(13-16)11-12-19/h3-5,7-10,13H,2,6,11-12,19H2,1H3,(H,20,21). The lowest BCUT2D eigenvalue weighted by Gasteiger charge is -2.11. The molecule has 21 heavy (non-hydrogen) atoms. The van der Waals surface area contributed by atoms with Crippen LogP contribution in [0.4, 0.5) is 5.69 Å². The first-order valence-corrected chi connectivity index (χ1v) is 7.43. The van der Waals surface area contributed by atoms with Crippen LogP contribution in [0.15, 0.2) is 48.5 Å². The number of nitrogens with two attached hydrogens (primary N) is 1. The highest BCUT2D eigenvalue weighted by molar-refractivity contribution is 6.04. The van der Waals surface area contributed by atoms with Gasteiger partial charge in [-0.2, -0.15) is 0 Å². The second-order valence-electron chi connectivity index (χ2n) is 5.10. The molecule has 0 aliphatic rings. The topological polar surface area (TPSA) is 55.1 Å². The SMILES string of the molecule is CCCc1ccccc1NC(=O)c1cccc(CCN)c1. The molecule has 2 aromatic carbocycles. The number of para-hydroxylation sites is 1. The molecule has 0 aliphatic heterocycles. The van der Waals surface area contributed by atoms with Crippen LogP contribution >= 0.6 is 0 Å². The van der Waals surface area contributed by atoms with Crippen LogP contribution in [0.3, 0.4) is 0 Å². The van der Waals surface area contributed by atoms with Gasteiger partial charge in [0.15, 0.2) is 0 Å². The minimum atomic E-state index is -0.0718. The van der Waals surface area contributed by atoms with Gasteiger partial charge in [0, 0.05) is 11.3 Å². The first-order chi connectivity index (χ1) is 10.2. The Morgan fingerprint density at radius 2 is 1.90 bits per heavy atom. The molecule has 3 heteroatoms. The van der Waals surface area contributed by atoms with E-state index < -0.39 is 0 Å². The van der Waals surface area contributed by atoms with Gasteiger partial charge in [-0.15, -0.1) is 0 Å². The van der Waals surface area contributed by atoms with Gasteiger partial charge in [0.1, 0.15) is 0 Å². The van der Waals surface area contributed by atoms with Crippen molar-refractivity contribution in [3.05, 3.63) is 65.2 Å². The fraction of sp³-hybridized carbons (Fsp3) is 0.278. The van der Waals surface area contributed by atoms with Crippen LogP contribution in [-0.2, 0) is 12.8 Å². The first kappa shape index (κ1) is 15.3. The Balaban J connectivity index is 2.16. The number of aryl methyl sites for hydroxylation is 1. The van der Waals surface area contributed by atoms with Crippen molar-refractivity contribution < 1.29 is 4.79 Å². The second-order valence-corrected chi connectivity index (χ2v) is 5.10. The number of hydrogen-bond acceptors (Lipinski definition) is 2. The molecule has 0 bridgehead atoms. The average molecular weight is 282 g/mol. The van der Waals surface area contributed by atoms with Crippen molar-refractivity contribution in [3.8, 4) is 0 Å². The lowest BCUT2D eigenvalue weighted by atomic mass is 10.1. The van der Waals surface area contributed by atoms with E-state index in [-0.39, 0.29) is 5.91 Å². The van der Waals surface area contributed by atoms with Gasteiger partial charge in [0.05, 0.1) is 0 Å². The Labute approximate surface area is 126 Å². The Morgan fingerprint density at radius 3 is 2.67 bits per heavy atom. The molecule has 0 unspecified atom stereocenters. The van der Waals surface area contributed by atoms with Crippen LogP contribution in [0.1, 0.15) is 34.8 Å². The summed E-state index contributed by atoms with van der Waals surface area (Å²) in [4.78, 5) is 12.4. The lowest BCUT2D eigenvalue weighted by molar-refractivity contribution is 0.102. The van der Waals surface area contributed by atoms with Crippen molar-refractivity contribution in [2.45, 2.75) is 26.2 Å². The van der Waals surface area contributed by atoms with Crippen molar-refractivity contribution in [1.82, 2.24) is 0 Å². The smallest absolute Gasteiger partial charge is 0.255 e. The van der Waals surface area contributed by atoms with Crippen LogP contribution in [0.2, 0.25) is 0 Å². The molecule has 0 aromatic heterocycles. The fourth-order valence-corrected chi connectivity index (χ4v) is 2.36. The Morgan fingerprint density at radius 1 is 1.10 bits per heavy atom. The molecule has 3 N–H and O–H groups in total. The molecule has 0 heterocycles. The van der Waals surface area contributed by atoms with Crippen molar-refractivity contribution in [1.29, 1.82) is 0 Å². The molecular formula is C18H22N2O. The van der Waals surface area contributed by atoms with Gasteiger partial charge in [-0.25, -0.2) is 0 Å². The maximum Gasteiger partial charge on any atom is 0.255 e. The second kappa shape index (κ2) is 7.60. The third kappa shape index (κ3) is 4.17. The summed E-state index contributed by atoms with van der Waals surface area (Å²) in [5.41, 5.74) is 9.40. The van der Waals surface area contributed by atoms with Crippen LogP contribution < -0.4 is 11.1 Å². The summed E-state index contributed by atoms with van der Waals surface area (Å²) in [5, 5.41) is 3.01. The Bertz CT molecular complexity index is 608. The molecule has 0 atom stereocenters. The summed E-state index contributed by atoms with van der Waals surface area (Å²) in [6.07, 6.45) is 2.80. The third-order valence-corrected chi connectivity index (χ3v) is 3.41. The number of rotatable bonds is 6. The molecule has 2 rings (SSSR count). The van der Waals surface area contributed by atoms with Gasteiger partial charge in [0.25, 0.3) is 5.91 Å². The Hall–Kier alpha value is -2.13. The Kier molecular flexibility index (Phi) is 5.52. The van der Waals surface area contributed by atoms with Gasteiger partial charge in [-0.05, 0) is 48.7 Å². The molecule has 2 aromatic rings. The van der Waals surface area contributed by atoms with E-state index in [2.05, 4.69) is 18.3 Å². The highest BCUT2D eigenvalue weighted by Crippen LogP contribution is 2.18. The monoisotopic (exact) mass is 282 g/mol. The number of amides is 1. The zero-order valence-electron chi connectivity index (χ0n) is 12.4. The van der Waals surface area contributed by atoms with E-state index in [4.69, 9.17) is 5.73 Å². The van der Waals surface area contributed by atoms with E-state index >= 15 is 0 Å². The van der Waals surface area contributed by atoms with Crippen molar-refractivity contribution in [3.63, 3.8) is 0 Å². The number of carbonyl (C=O) groups excluding carboxylic acids is 1. The molecule has 1 amide bonds. The van der Waals surface area contributed by atoms with Crippen molar-refractivity contribution in [2.75, 3.05) is 11.9 Å². The summed E-state index contributed by atoms with van der Waals surface area (Å²) in [6.45, 7) is 2.72. The minimum absolute atomic E-state index is 0.0718. The minimum Gasteiger partial charge on any atom is -0.330 e. The van der Waals surface area contributed by atoms with E-state index in [1.54, 1.807) is 0 Å². The predicted octanol–water partition coefficient (Wildman–Crippen LogP) is 3.39. The molecule has 0 fully saturated rings. The molecule has 0 saturated heterocycles. The summed E-state index contributed by atoms with van der Waals surface area (Å²) in [6, 6.07) is 15.6. The van der Waals surface area contributed by atoms with Gasteiger partial charge in [-0.3, -0.25) is 4.79 Å². The van der Waals surface area contributed by atoms with Crippen LogP contribution in [0.5, 0.6) is 0 Å². The predicted molar refractivity (Wildman–Crippen MR) is 87.6 cm³/mol. The lowest BCUT2D eigenvalue weighted by Crippen LogP contribution is -2.14. The number of carbonyl (C=O) groups is 1. The number of hydrogen-bond donors (Lipinski definition) is 2. The van der Waals surface area contributed by atoms with Gasteiger partial charge in [0.2, 0.25) is 0 Å². The maximum absolute atomic E-state index is 12.4. The van der Waals surface area contributed by atoms with Crippen molar-refractivity contribution in [2.24, 2.45) is 5.73 Å². The van der Waals surface area contributed by atoms with E-state index in [1.807, 2.05) is 42.5 Å². The number of anilines is 1. The zero-order chi connectivity index (χ0) is 15.1. The fourth-order valence-electron chi connectivity index (χ4n) is 2.36. The highest BCUT2D eigenvalue weighted by Gasteiger charge is 2.09. The molecule has 0 aliphatic carbocycles. The molecule has 0 saturated carbocycles. The molecule has 0 radical (unpaired) electrons. The van der Waals surface area contributed by atoms with E-state index in [0.29, 0.717) is 12.1 Å². The van der Waals surface area contributed by atoms with E-state index in [1.165, 1.54) is 5.56 Å². The summed E-state index contributed by atoms with van der Waals surface area (Å²) in [7, 11) is 0. The molecule has 0 spiro atoms. The normalized spacial score (nSPS) is 10.4. The van der Waals surface area contributed by atoms with Crippen molar-refractivity contribution >= 4 is 11.6 Å². The van der Waals surface area contributed by atoms with E-state index in [9.17, 15) is 4.79 Å². The van der Waals surface area contributed by atoms with Gasteiger partial charge >= 0.3 is 0 Å². The summed E-state index contributed by atoms with van der Waals surface area (Å²) >= 11 is 0.